The van der Waals surface area contributed by atoms with Crippen molar-refractivity contribution in [1.29, 1.82) is 0 Å². The number of nitrogens with one attached hydrogen (secondary N) is 1. The molecule has 1 heterocycles. The van der Waals surface area contributed by atoms with Gasteiger partial charge in [0, 0.05) is 15.4 Å². The molecule has 16 heavy (non-hydrogen) atoms. The number of aryl methyl sites for hydroxylation is 1. The molecule has 0 amide bonds. The van der Waals surface area contributed by atoms with Crippen molar-refractivity contribution in [1.82, 2.24) is 4.98 Å². The number of carbonyl (C=O) groups excluding carboxylic acids is 1. The van der Waals surface area contributed by atoms with Crippen molar-refractivity contribution in [2.45, 2.75) is 6.92 Å². The predicted molar refractivity (Wildman–Crippen MR) is 66.5 cm³/mol. The van der Waals surface area contributed by atoms with Crippen LogP contribution in [0.3, 0.4) is 0 Å². The average Bonchev–Trinajstić information content (AvgIpc) is 2.53. The summed E-state index contributed by atoms with van der Waals surface area (Å²) in [6.45, 7) is 1.92. The highest BCUT2D eigenvalue weighted by molar-refractivity contribution is 9.10. The zero-order valence-corrected chi connectivity index (χ0v) is 10.5. The van der Waals surface area contributed by atoms with Crippen LogP contribution in [0.1, 0.15) is 15.9 Å². The summed E-state index contributed by atoms with van der Waals surface area (Å²) in [7, 11) is 1.34. The zero-order chi connectivity index (χ0) is 11.9. The number of hydrogen-bond donors (Lipinski definition) is 2. The number of benzene rings is 1. The van der Waals surface area contributed by atoms with Crippen molar-refractivity contribution in [3.63, 3.8) is 0 Å². The standard InChI is InChI=1S/C11H11BrN2O2/c1-5-3-6(12)4-7-8(5)9(10(13)14-7)11(15)16-2/h3-4,14H,13H2,1-2H3. The summed E-state index contributed by atoms with van der Waals surface area (Å²) in [5, 5.41) is 0.813. The first-order valence-electron chi connectivity index (χ1n) is 4.70. The summed E-state index contributed by atoms with van der Waals surface area (Å²) in [6, 6.07) is 3.81. The number of esters is 1. The number of carbonyl (C=O) groups is 1. The first-order valence-corrected chi connectivity index (χ1v) is 5.49. The van der Waals surface area contributed by atoms with Gasteiger partial charge in [0.2, 0.25) is 0 Å². The molecule has 3 N–H and O–H groups in total. The smallest absolute Gasteiger partial charge is 0.342 e. The summed E-state index contributed by atoms with van der Waals surface area (Å²) in [6.07, 6.45) is 0. The molecule has 5 heteroatoms. The lowest BCUT2D eigenvalue weighted by atomic mass is 10.1. The fraction of sp³-hybridized carbons (Fsp3) is 0.182. The van der Waals surface area contributed by atoms with Gasteiger partial charge >= 0.3 is 5.97 Å². The number of halogens is 1. The highest BCUT2D eigenvalue weighted by Gasteiger charge is 2.19. The maximum Gasteiger partial charge on any atom is 0.342 e. The van der Waals surface area contributed by atoms with Crippen molar-refractivity contribution >= 4 is 38.6 Å². The molecule has 1 aromatic heterocycles. The van der Waals surface area contributed by atoms with Crippen LogP contribution < -0.4 is 5.73 Å². The van der Waals surface area contributed by atoms with Crippen LogP contribution in [0.5, 0.6) is 0 Å². The number of nitrogen functional groups attached to an aromatic ring is 1. The van der Waals surface area contributed by atoms with Gasteiger partial charge in [0.25, 0.3) is 0 Å². The van der Waals surface area contributed by atoms with Crippen LogP contribution in [-0.2, 0) is 4.74 Å². The maximum atomic E-state index is 11.6. The molecular weight excluding hydrogens is 272 g/mol. The maximum absolute atomic E-state index is 11.6. The molecule has 2 rings (SSSR count). The van der Waals surface area contributed by atoms with Gasteiger partial charge in [-0.05, 0) is 24.6 Å². The molecular formula is C11H11BrN2O2. The zero-order valence-electron chi connectivity index (χ0n) is 8.93. The van der Waals surface area contributed by atoms with Gasteiger partial charge in [-0.1, -0.05) is 15.9 Å². The van der Waals surface area contributed by atoms with Gasteiger partial charge < -0.3 is 15.5 Å². The molecule has 0 saturated carbocycles. The summed E-state index contributed by atoms with van der Waals surface area (Å²) < 4.78 is 5.66. The number of rotatable bonds is 1. The fourth-order valence-corrected chi connectivity index (χ4v) is 2.40. The molecule has 0 unspecified atom stereocenters. The second-order valence-corrected chi connectivity index (χ2v) is 4.47. The Labute approximate surface area is 101 Å². The van der Waals surface area contributed by atoms with Gasteiger partial charge in [-0.25, -0.2) is 4.79 Å². The monoisotopic (exact) mass is 282 g/mol. The molecule has 0 saturated heterocycles. The summed E-state index contributed by atoms with van der Waals surface area (Å²) in [4.78, 5) is 14.6. The van der Waals surface area contributed by atoms with Crippen LogP contribution in [0, 0.1) is 6.92 Å². The van der Waals surface area contributed by atoms with E-state index in [2.05, 4.69) is 20.9 Å². The number of ether oxygens (including phenoxy) is 1. The number of aromatic nitrogens is 1. The van der Waals surface area contributed by atoms with E-state index in [1.54, 1.807) is 0 Å². The molecule has 0 aliphatic heterocycles. The minimum absolute atomic E-state index is 0.336. The van der Waals surface area contributed by atoms with E-state index in [4.69, 9.17) is 10.5 Å². The molecule has 0 spiro atoms. The summed E-state index contributed by atoms with van der Waals surface area (Å²) in [5.41, 5.74) is 7.98. The first-order chi connectivity index (χ1) is 7.54. The van der Waals surface area contributed by atoms with E-state index in [0.717, 1.165) is 20.9 Å². The summed E-state index contributed by atoms with van der Waals surface area (Å²) in [5.74, 6) is -0.0859. The normalized spacial score (nSPS) is 10.7. The molecule has 0 bridgehead atoms. The molecule has 1 aromatic carbocycles. The van der Waals surface area contributed by atoms with Gasteiger partial charge in [0.1, 0.15) is 11.4 Å². The molecule has 0 radical (unpaired) electrons. The molecule has 0 fully saturated rings. The van der Waals surface area contributed by atoms with Crippen molar-refractivity contribution in [2.75, 3.05) is 12.8 Å². The van der Waals surface area contributed by atoms with E-state index in [1.807, 2.05) is 19.1 Å². The topological polar surface area (TPSA) is 68.1 Å². The van der Waals surface area contributed by atoms with Gasteiger partial charge in [0.15, 0.2) is 0 Å². The Morgan fingerprint density at radius 2 is 2.19 bits per heavy atom. The highest BCUT2D eigenvalue weighted by Crippen LogP contribution is 2.30. The third-order valence-corrected chi connectivity index (χ3v) is 2.94. The molecule has 4 nitrogen and oxygen atoms in total. The van der Waals surface area contributed by atoms with Crippen molar-refractivity contribution in [3.05, 3.63) is 27.7 Å². The van der Waals surface area contributed by atoms with Crippen LogP contribution in [0.25, 0.3) is 10.9 Å². The minimum atomic E-state index is -0.422. The Morgan fingerprint density at radius 3 is 2.81 bits per heavy atom. The predicted octanol–water partition coefficient (Wildman–Crippen LogP) is 2.61. The van der Waals surface area contributed by atoms with Crippen molar-refractivity contribution in [2.24, 2.45) is 0 Å². The Kier molecular flexibility index (Phi) is 2.63. The quantitative estimate of drug-likeness (QED) is 0.790. The van der Waals surface area contributed by atoms with E-state index >= 15 is 0 Å². The molecule has 0 aliphatic rings. The van der Waals surface area contributed by atoms with Crippen LogP contribution in [0.2, 0.25) is 0 Å². The molecule has 0 aliphatic carbocycles. The lowest BCUT2D eigenvalue weighted by molar-refractivity contribution is 0.0604. The number of anilines is 1. The van der Waals surface area contributed by atoms with Gasteiger partial charge in [0.05, 0.1) is 7.11 Å². The third-order valence-electron chi connectivity index (χ3n) is 2.48. The number of methoxy groups -OCH3 is 1. The highest BCUT2D eigenvalue weighted by atomic mass is 79.9. The minimum Gasteiger partial charge on any atom is -0.465 e. The van der Waals surface area contributed by atoms with E-state index in [1.165, 1.54) is 7.11 Å². The van der Waals surface area contributed by atoms with Gasteiger partial charge in [-0.3, -0.25) is 0 Å². The number of H-pyrrole nitrogens is 1. The Morgan fingerprint density at radius 1 is 1.50 bits per heavy atom. The fourth-order valence-electron chi connectivity index (χ4n) is 1.83. The van der Waals surface area contributed by atoms with E-state index in [9.17, 15) is 4.79 Å². The first kappa shape index (κ1) is 11.0. The Bertz CT molecular complexity index is 575. The van der Waals surface area contributed by atoms with Crippen LogP contribution in [-0.4, -0.2) is 18.1 Å². The SMILES string of the molecule is COC(=O)c1c(N)[nH]c2cc(Br)cc(C)c12. The number of fused-ring (bicyclic) bond motifs is 1. The lowest BCUT2D eigenvalue weighted by Crippen LogP contribution is -2.04. The van der Waals surface area contributed by atoms with Crippen LogP contribution >= 0.6 is 15.9 Å². The molecule has 84 valence electrons. The Hall–Kier alpha value is -1.49. The van der Waals surface area contributed by atoms with E-state index in [0.29, 0.717) is 11.4 Å². The van der Waals surface area contributed by atoms with Gasteiger partial charge in [-0.2, -0.15) is 0 Å². The third kappa shape index (κ3) is 1.57. The largest absolute Gasteiger partial charge is 0.465 e. The second-order valence-electron chi connectivity index (χ2n) is 3.55. The molecule has 0 atom stereocenters. The van der Waals surface area contributed by atoms with Crippen LogP contribution in [0.15, 0.2) is 16.6 Å². The Balaban J connectivity index is 2.84. The molecule has 2 aromatic rings. The second kappa shape index (κ2) is 3.83. The van der Waals surface area contributed by atoms with E-state index in [-0.39, 0.29) is 0 Å². The summed E-state index contributed by atoms with van der Waals surface area (Å²) >= 11 is 3.39. The van der Waals surface area contributed by atoms with Crippen molar-refractivity contribution in [3.8, 4) is 0 Å². The van der Waals surface area contributed by atoms with E-state index < -0.39 is 5.97 Å². The number of nitrogens with two attached hydrogens (primary N) is 1. The lowest BCUT2D eigenvalue weighted by Gasteiger charge is -2.01. The van der Waals surface area contributed by atoms with Crippen molar-refractivity contribution < 1.29 is 9.53 Å². The number of aromatic amines is 1. The van der Waals surface area contributed by atoms with Crippen LogP contribution in [0.4, 0.5) is 5.82 Å². The average molecular weight is 283 g/mol. The van der Waals surface area contributed by atoms with Gasteiger partial charge in [-0.15, -0.1) is 0 Å². The number of hydrogen-bond acceptors (Lipinski definition) is 3.